The Morgan fingerprint density at radius 1 is 1.43 bits per heavy atom. The number of esters is 1. The number of hydrogen-bond acceptors (Lipinski definition) is 6. The van der Waals surface area contributed by atoms with Crippen LogP contribution in [0.25, 0.3) is 6.08 Å². The van der Waals surface area contributed by atoms with E-state index in [2.05, 4.69) is 26.1 Å². The van der Waals surface area contributed by atoms with Crippen LogP contribution in [-0.2, 0) is 22.6 Å². The summed E-state index contributed by atoms with van der Waals surface area (Å²) in [5, 5.41) is 3.79. The Morgan fingerprint density at radius 2 is 2.26 bits per heavy atom. The smallest absolute Gasteiger partial charge is 0.331 e. The van der Waals surface area contributed by atoms with E-state index in [0.717, 1.165) is 22.9 Å². The summed E-state index contributed by atoms with van der Waals surface area (Å²) in [7, 11) is 1.57. The minimum atomic E-state index is -0.498. The van der Waals surface area contributed by atoms with E-state index in [0.29, 0.717) is 11.6 Å². The van der Waals surface area contributed by atoms with Gasteiger partial charge in [0.15, 0.2) is 12.4 Å². The number of methoxy groups -OCH3 is 1. The van der Waals surface area contributed by atoms with Crippen LogP contribution in [0.5, 0.6) is 5.75 Å². The number of carbonyl (C=O) groups excluding carboxylic acids is 1. The standard InChI is InChI=1S/C16H17BrN2O4/c1-3-4-14-18-15(23-19-14)10-22-16(20)8-5-11-9-12(17)6-7-13(11)21-2/h5-9H,3-4,10H2,1-2H3/b8-5+. The van der Waals surface area contributed by atoms with E-state index >= 15 is 0 Å². The van der Waals surface area contributed by atoms with E-state index in [1.54, 1.807) is 13.2 Å². The molecule has 0 atom stereocenters. The lowest BCUT2D eigenvalue weighted by Gasteiger charge is -2.04. The van der Waals surface area contributed by atoms with Gasteiger partial charge in [0.05, 0.1) is 7.11 Å². The Kier molecular flexibility index (Phi) is 6.34. The molecule has 0 aliphatic carbocycles. The molecule has 122 valence electrons. The van der Waals surface area contributed by atoms with Gasteiger partial charge in [0.2, 0.25) is 0 Å². The molecule has 0 spiro atoms. The lowest BCUT2D eigenvalue weighted by atomic mass is 10.2. The third-order valence-corrected chi connectivity index (χ3v) is 3.41. The fraction of sp³-hybridized carbons (Fsp3) is 0.312. The van der Waals surface area contributed by atoms with Crippen molar-refractivity contribution in [2.45, 2.75) is 26.4 Å². The van der Waals surface area contributed by atoms with E-state index in [4.69, 9.17) is 14.0 Å². The largest absolute Gasteiger partial charge is 0.496 e. The Bertz CT molecular complexity index is 697. The van der Waals surface area contributed by atoms with E-state index in [9.17, 15) is 4.79 Å². The highest BCUT2D eigenvalue weighted by Crippen LogP contribution is 2.24. The SMILES string of the molecule is CCCc1noc(COC(=O)/C=C/c2cc(Br)ccc2OC)n1. The maximum atomic E-state index is 11.8. The summed E-state index contributed by atoms with van der Waals surface area (Å²) in [5.41, 5.74) is 0.766. The monoisotopic (exact) mass is 380 g/mol. The first-order valence-corrected chi connectivity index (χ1v) is 7.91. The van der Waals surface area contributed by atoms with Gasteiger partial charge in [0, 0.05) is 22.5 Å². The van der Waals surface area contributed by atoms with Crippen molar-refractivity contribution in [1.29, 1.82) is 0 Å². The molecule has 0 fully saturated rings. The number of aromatic nitrogens is 2. The Hall–Kier alpha value is -2.15. The second kappa shape index (κ2) is 8.47. The summed E-state index contributed by atoms with van der Waals surface area (Å²) in [6, 6.07) is 5.51. The van der Waals surface area contributed by atoms with Crippen LogP contribution in [0.2, 0.25) is 0 Å². The summed E-state index contributed by atoms with van der Waals surface area (Å²) >= 11 is 3.38. The van der Waals surface area contributed by atoms with Gasteiger partial charge in [0.25, 0.3) is 5.89 Å². The molecule has 23 heavy (non-hydrogen) atoms. The molecule has 1 heterocycles. The van der Waals surface area contributed by atoms with Gasteiger partial charge in [0.1, 0.15) is 5.75 Å². The van der Waals surface area contributed by atoms with Crippen LogP contribution >= 0.6 is 15.9 Å². The molecule has 0 amide bonds. The minimum Gasteiger partial charge on any atom is -0.496 e. The van der Waals surface area contributed by atoms with Crippen molar-refractivity contribution in [3.05, 3.63) is 46.0 Å². The quantitative estimate of drug-likeness (QED) is 0.540. The zero-order chi connectivity index (χ0) is 16.7. The predicted molar refractivity (Wildman–Crippen MR) is 87.8 cm³/mol. The summed E-state index contributed by atoms with van der Waals surface area (Å²) in [4.78, 5) is 15.9. The van der Waals surface area contributed by atoms with E-state index in [1.807, 2.05) is 25.1 Å². The van der Waals surface area contributed by atoms with Crippen molar-refractivity contribution in [2.24, 2.45) is 0 Å². The topological polar surface area (TPSA) is 74.5 Å². The molecule has 2 aromatic rings. The number of benzene rings is 1. The van der Waals surface area contributed by atoms with Crippen molar-refractivity contribution < 1.29 is 18.8 Å². The molecule has 7 heteroatoms. The van der Waals surface area contributed by atoms with Crippen molar-refractivity contribution in [2.75, 3.05) is 7.11 Å². The zero-order valence-electron chi connectivity index (χ0n) is 12.9. The van der Waals surface area contributed by atoms with E-state index in [-0.39, 0.29) is 12.5 Å². The van der Waals surface area contributed by atoms with Crippen LogP contribution in [0.15, 0.2) is 33.3 Å². The highest BCUT2D eigenvalue weighted by Gasteiger charge is 2.08. The number of carbonyl (C=O) groups is 1. The van der Waals surface area contributed by atoms with Crippen molar-refractivity contribution in [3.63, 3.8) is 0 Å². The summed E-state index contributed by atoms with van der Waals surface area (Å²) in [6.07, 6.45) is 4.62. The fourth-order valence-corrected chi connectivity index (χ4v) is 2.23. The lowest BCUT2D eigenvalue weighted by Crippen LogP contribution is -2.01. The summed E-state index contributed by atoms with van der Waals surface area (Å²) in [6.45, 7) is 1.98. The number of hydrogen-bond donors (Lipinski definition) is 0. The molecule has 0 unspecified atom stereocenters. The molecule has 0 aliphatic heterocycles. The van der Waals surface area contributed by atoms with E-state index < -0.39 is 5.97 Å². The molecule has 0 saturated heterocycles. The van der Waals surface area contributed by atoms with Gasteiger partial charge in [-0.3, -0.25) is 0 Å². The number of nitrogens with zero attached hydrogens (tertiary/aromatic N) is 2. The van der Waals surface area contributed by atoms with Gasteiger partial charge in [-0.2, -0.15) is 4.98 Å². The van der Waals surface area contributed by atoms with Gasteiger partial charge in [-0.25, -0.2) is 4.79 Å². The molecule has 0 N–H and O–H groups in total. The van der Waals surface area contributed by atoms with Crippen LogP contribution in [-0.4, -0.2) is 23.2 Å². The minimum absolute atomic E-state index is 0.0461. The van der Waals surface area contributed by atoms with Crippen molar-refractivity contribution in [1.82, 2.24) is 10.1 Å². The van der Waals surface area contributed by atoms with Crippen LogP contribution < -0.4 is 4.74 Å². The first-order valence-electron chi connectivity index (χ1n) is 7.12. The molecule has 0 radical (unpaired) electrons. The van der Waals surface area contributed by atoms with E-state index in [1.165, 1.54) is 6.08 Å². The molecule has 0 saturated carbocycles. The first-order chi connectivity index (χ1) is 11.1. The summed E-state index contributed by atoms with van der Waals surface area (Å²) in [5.74, 6) is 1.07. The van der Waals surface area contributed by atoms with Crippen LogP contribution in [0.3, 0.4) is 0 Å². The van der Waals surface area contributed by atoms with Gasteiger partial charge < -0.3 is 14.0 Å². The number of aryl methyl sites for hydroxylation is 1. The highest BCUT2D eigenvalue weighted by atomic mass is 79.9. The fourth-order valence-electron chi connectivity index (χ4n) is 1.85. The average molecular weight is 381 g/mol. The third kappa shape index (κ3) is 5.21. The maximum Gasteiger partial charge on any atom is 0.331 e. The second-order valence-electron chi connectivity index (χ2n) is 4.68. The normalized spacial score (nSPS) is 10.9. The molecular formula is C16H17BrN2O4. The number of halogens is 1. The highest BCUT2D eigenvalue weighted by molar-refractivity contribution is 9.10. The molecular weight excluding hydrogens is 364 g/mol. The third-order valence-electron chi connectivity index (χ3n) is 2.91. The molecule has 2 rings (SSSR count). The van der Waals surface area contributed by atoms with Crippen molar-refractivity contribution in [3.8, 4) is 5.75 Å². The zero-order valence-corrected chi connectivity index (χ0v) is 14.5. The van der Waals surface area contributed by atoms with Gasteiger partial charge in [-0.1, -0.05) is 28.0 Å². The average Bonchev–Trinajstić information content (AvgIpc) is 2.99. The van der Waals surface area contributed by atoms with Gasteiger partial charge in [-0.05, 0) is 30.7 Å². The molecule has 0 aliphatic rings. The Morgan fingerprint density at radius 3 is 3.00 bits per heavy atom. The Balaban J connectivity index is 1.92. The lowest BCUT2D eigenvalue weighted by molar-refractivity contribution is -0.139. The molecule has 1 aromatic carbocycles. The summed E-state index contributed by atoms with van der Waals surface area (Å²) < 4.78 is 16.2. The van der Waals surface area contributed by atoms with Crippen LogP contribution in [0.1, 0.15) is 30.6 Å². The van der Waals surface area contributed by atoms with Crippen molar-refractivity contribution >= 4 is 28.0 Å². The second-order valence-corrected chi connectivity index (χ2v) is 5.60. The van der Waals surface area contributed by atoms with Gasteiger partial charge in [-0.15, -0.1) is 0 Å². The first kappa shape index (κ1) is 17.2. The maximum absolute atomic E-state index is 11.8. The van der Waals surface area contributed by atoms with Crippen LogP contribution in [0.4, 0.5) is 0 Å². The number of rotatable bonds is 7. The molecule has 6 nitrogen and oxygen atoms in total. The predicted octanol–water partition coefficient (Wildman–Crippen LogP) is 3.55. The molecule has 0 bridgehead atoms. The van der Waals surface area contributed by atoms with Crippen LogP contribution in [0, 0.1) is 0 Å². The van der Waals surface area contributed by atoms with Gasteiger partial charge >= 0.3 is 5.97 Å². The molecule has 1 aromatic heterocycles. The number of ether oxygens (including phenoxy) is 2. The Labute approximate surface area is 142 Å².